The van der Waals surface area contributed by atoms with Crippen molar-refractivity contribution in [2.45, 2.75) is 25.8 Å². The minimum Gasteiger partial charge on any atom is -0.494 e. The summed E-state index contributed by atoms with van der Waals surface area (Å²) in [5.74, 6) is -0.741. The van der Waals surface area contributed by atoms with E-state index in [1.54, 1.807) is 23.1 Å². The van der Waals surface area contributed by atoms with E-state index < -0.39 is 11.9 Å². The van der Waals surface area contributed by atoms with Gasteiger partial charge < -0.3 is 24.9 Å². The number of aliphatic carboxylic acids is 1. The molecule has 1 fully saturated rings. The zero-order valence-electron chi connectivity index (χ0n) is 17.4. The standard InChI is InChI=1S/C24H26N2O5/c1-2-30-18-10-11-20-19(12-18)21(22(31-20)15-6-4-3-5-7-15)23(27)26-13-16(24(28)29)8-9-17(25)14-26/h3-7,10-12,16-17H,2,8-9,13-14,25H2,1H3,(H,28,29)/t16-,17+/m0/s1. The van der Waals surface area contributed by atoms with Crippen LogP contribution in [-0.4, -0.2) is 47.6 Å². The zero-order chi connectivity index (χ0) is 22.0. The minimum atomic E-state index is -0.911. The van der Waals surface area contributed by atoms with Crippen molar-refractivity contribution in [2.24, 2.45) is 11.7 Å². The van der Waals surface area contributed by atoms with Crippen molar-refractivity contribution in [1.29, 1.82) is 0 Å². The lowest BCUT2D eigenvalue weighted by Gasteiger charge is -2.24. The summed E-state index contributed by atoms with van der Waals surface area (Å²) < 4.78 is 11.7. The van der Waals surface area contributed by atoms with Gasteiger partial charge >= 0.3 is 5.97 Å². The van der Waals surface area contributed by atoms with Gasteiger partial charge in [-0.25, -0.2) is 0 Å². The second kappa shape index (κ2) is 8.81. The Bertz CT molecular complexity index is 1090. The van der Waals surface area contributed by atoms with Gasteiger partial charge in [0.2, 0.25) is 0 Å². The zero-order valence-corrected chi connectivity index (χ0v) is 17.4. The number of carbonyl (C=O) groups is 2. The number of nitrogens with zero attached hydrogens (tertiary/aromatic N) is 1. The van der Waals surface area contributed by atoms with E-state index in [2.05, 4.69) is 0 Å². The van der Waals surface area contributed by atoms with Gasteiger partial charge in [0.25, 0.3) is 5.91 Å². The molecule has 31 heavy (non-hydrogen) atoms. The largest absolute Gasteiger partial charge is 0.494 e. The molecule has 0 radical (unpaired) electrons. The highest BCUT2D eigenvalue weighted by Crippen LogP contribution is 2.37. The number of amides is 1. The number of carbonyl (C=O) groups excluding carboxylic acids is 1. The van der Waals surface area contributed by atoms with Crippen molar-refractivity contribution >= 4 is 22.8 Å². The Morgan fingerprint density at radius 1 is 1.16 bits per heavy atom. The lowest BCUT2D eigenvalue weighted by molar-refractivity contribution is -0.142. The molecule has 1 aliphatic rings. The molecule has 162 valence electrons. The first-order valence-electron chi connectivity index (χ1n) is 10.5. The smallest absolute Gasteiger partial charge is 0.308 e. The van der Waals surface area contributed by atoms with Gasteiger partial charge in [-0.1, -0.05) is 30.3 Å². The molecule has 0 bridgehead atoms. The summed E-state index contributed by atoms with van der Waals surface area (Å²) in [4.78, 5) is 27.0. The fourth-order valence-electron chi connectivity index (χ4n) is 4.09. The summed E-state index contributed by atoms with van der Waals surface area (Å²) in [7, 11) is 0. The quantitative estimate of drug-likeness (QED) is 0.648. The predicted molar refractivity (Wildman–Crippen MR) is 117 cm³/mol. The van der Waals surface area contributed by atoms with Crippen LogP contribution in [0.3, 0.4) is 0 Å². The maximum absolute atomic E-state index is 13.8. The van der Waals surface area contributed by atoms with Gasteiger partial charge in [-0.15, -0.1) is 0 Å². The van der Waals surface area contributed by atoms with Gasteiger partial charge in [0, 0.05) is 30.1 Å². The molecule has 7 heteroatoms. The number of carboxylic acids is 1. The van der Waals surface area contributed by atoms with E-state index in [1.807, 2.05) is 37.3 Å². The Hall–Kier alpha value is -3.32. The molecule has 7 nitrogen and oxygen atoms in total. The second-order valence-electron chi connectivity index (χ2n) is 7.85. The number of likely N-dealkylation sites (tertiary alicyclic amines) is 1. The molecule has 1 aliphatic heterocycles. The number of nitrogens with two attached hydrogens (primary N) is 1. The lowest BCUT2D eigenvalue weighted by Crippen LogP contribution is -2.41. The first kappa shape index (κ1) is 20.9. The maximum atomic E-state index is 13.8. The maximum Gasteiger partial charge on any atom is 0.308 e. The number of rotatable bonds is 5. The summed E-state index contributed by atoms with van der Waals surface area (Å²) >= 11 is 0. The van der Waals surface area contributed by atoms with Crippen molar-refractivity contribution in [3.05, 3.63) is 54.1 Å². The van der Waals surface area contributed by atoms with E-state index in [4.69, 9.17) is 14.9 Å². The number of hydrogen-bond donors (Lipinski definition) is 2. The lowest BCUT2D eigenvalue weighted by atomic mass is 10.0. The number of fused-ring (bicyclic) bond motifs is 1. The minimum absolute atomic E-state index is 0.119. The van der Waals surface area contributed by atoms with Crippen LogP contribution >= 0.6 is 0 Å². The van der Waals surface area contributed by atoms with Gasteiger partial charge in [-0.2, -0.15) is 0 Å². The van der Waals surface area contributed by atoms with Gasteiger partial charge in [0.15, 0.2) is 0 Å². The summed E-state index contributed by atoms with van der Waals surface area (Å²) in [6.45, 7) is 2.81. The molecule has 0 unspecified atom stereocenters. The Labute approximate surface area is 180 Å². The normalized spacial score (nSPS) is 19.2. The number of benzene rings is 2. The first-order valence-corrected chi connectivity index (χ1v) is 10.5. The van der Waals surface area contributed by atoms with E-state index in [0.717, 1.165) is 5.56 Å². The van der Waals surface area contributed by atoms with Crippen molar-refractivity contribution < 1.29 is 23.8 Å². The fourth-order valence-corrected chi connectivity index (χ4v) is 4.09. The first-order chi connectivity index (χ1) is 15.0. The summed E-state index contributed by atoms with van der Waals surface area (Å²) in [5, 5.41) is 10.2. The van der Waals surface area contributed by atoms with Crippen LogP contribution in [0.4, 0.5) is 0 Å². The van der Waals surface area contributed by atoms with Gasteiger partial charge in [0.1, 0.15) is 17.1 Å². The molecule has 2 atom stereocenters. The molecule has 2 aromatic carbocycles. The molecule has 2 heterocycles. The summed E-state index contributed by atoms with van der Waals surface area (Å²) in [6.07, 6.45) is 1.01. The molecule has 0 saturated carbocycles. The number of carboxylic acid groups (broad SMARTS) is 1. The summed E-state index contributed by atoms with van der Waals surface area (Å²) in [5.41, 5.74) is 7.92. The van der Waals surface area contributed by atoms with Crippen LogP contribution in [0.2, 0.25) is 0 Å². The van der Waals surface area contributed by atoms with Crippen LogP contribution in [0.1, 0.15) is 30.1 Å². The molecular weight excluding hydrogens is 396 g/mol. The third kappa shape index (κ3) is 4.27. The van der Waals surface area contributed by atoms with Crippen LogP contribution < -0.4 is 10.5 Å². The van der Waals surface area contributed by atoms with Crippen LogP contribution in [-0.2, 0) is 4.79 Å². The Morgan fingerprint density at radius 3 is 2.65 bits per heavy atom. The summed E-state index contributed by atoms with van der Waals surface area (Å²) in [6, 6.07) is 14.5. The Kier molecular flexibility index (Phi) is 5.95. The van der Waals surface area contributed by atoms with Gasteiger partial charge in [-0.05, 0) is 38.0 Å². The Balaban J connectivity index is 1.84. The highest BCUT2D eigenvalue weighted by Gasteiger charge is 2.33. The van der Waals surface area contributed by atoms with Crippen molar-refractivity contribution in [2.75, 3.05) is 19.7 Å². The SMILES string of the molecule is CCOc1ccc2oc(-c3ccccc3)c(C(=O)N3C[C@H](N)CC[C@H](C(=O)O)C3)c2c1. The average Bonchev–Trinajstić information content (AvgIpc) is 3.02. The number of hydrogen-bond acceptors (Lipinski definition) is 5. The van der Waals surface area contributed by atoms with E-state index in [-0.39, 0.29) is 18.5 Å². The molecule has 0 spiro atoms. The predicted octanol–water partition coefficient (Wildman–Crippen LogP) is 3.76. The van der Waals surface area contributed by atoms with Crippen LogP contribution in [0.25, 0.3) is 22.3 Å². The third-order valence-electron chi connectivity index (χ3n) is 5.64. The average molecular weight is 422 g/mol. The molecule has 4 rings (SSSR count). The molecular formula is C24H26N2O5. The highest BCUT2D eigenvalue weighted by molar-refractivity contribution is 6.11. The van der Waals surface area contributed by atoms with E-state index in [1.165, 1.54) is 0 Å². The number of furan rings is 1. The molecule has 1 aromatic heterocycles. The molecule has 1 amide bonds. The van der Waals surface area contributed by atoms with E-state index in [0.29, 0.717) is 54.0 Å². The molecule has 3 N–H and O–H groups in total. The molecule has 1 saturated heterocycles. The van der Waals surface area contributed by atoms with Crippen molar-refractivity contribution in [3.8, 4) is 17.1 Å². The fraction of sp³-hybridized carbons (Fsp3) is 0.333. The van der Waals surface area contributed by atoms with Crippen LogP contribution in [0.5, 0.6) is 5.75 Å². The van der Waals surface area contributed by atoms with E-state index in [9.17, 15) is 14.7 Å². The molecule has 0 aliphatic carbocycles. The van der Waals surface area contributed by atoms with Crippen LogP contribution in [0, 0.1) is 5.92 Å². The second-order valence-corrected chi connectivity index (χ2v) is 7.85. The van der Waals surface area contributed by atoms with E-state index >= 15 is 0 Å². The molecule has 3 aromatic rings. The van der Waals surface area contributed by atoms with Gasteiger partial charge in [-0.3, -0.25) is 9.59 Å². The number of ether oxygens (including phenoxy) is 1. The monoisotopic (exact) mass is 422 g/mol. The van der Waals surface area contributed by atoms with Gasteiger partial charge in [0.05, 0.1) is 18.1 Å². The highest BCUT2D eigenvalue weighted by atomic mass is 16.5. The van der Waals surface area contributed by atoms with Crippen LogP contribution in [0.15, 0.2) is 52.9 Å². The topological polar surface area (TPSA) is 106 Å². The van der Waals surface area contributed by atoms with Crippen molar-refractivity contribution in [3.63, 3.8) is 0 Å². The third-order valence-corrected chi connectivity index (χ3v) is 5.64. The Morgan fingerprint density at radius 2 is 1.94 bits per heavy atom. The van der Waals surface area contributed by atoms with Crippen molar-refractivity contribution in [1.82, 2.24) is 4.90 Å².